The Morgan fingerprint density at radius 2 is 1.79 bits per heavy atom. The van der Waals surface area contributed by atoms with E-state index in [1.165, 1.54) is 20.6 Å². The summed E-state index contributed by atoms with van der Waals surface area (Å²) in [5.74, 6) is 0. The predicted octanol–water partition coefficient (Wildman–Crippen LogP) is 3.15. The van der Waals surface area contributed by atoms with Crippen LogP contribution in [-0.2, 0) is 18.1 Å². The standard InChI is InChI=1S/C8H16IO4P/c1-11-14(10,12-2)13-8-6-4-3-5-7(8)9/h7-8H,3-6H2,1-2H3. The normalized spacial score (nSPS) is 29.1. The maximum atomic E-state index is 11.7. The summed E-state index contributed by atoms with van der Waals surface area (Å²) in [6.07, 6.45) is 4.38. The summed E-state index contributed by atoms with van der Waals surface area (Å²) >= 11 is 2.33. The third-order valence-electron chi connectivity index (χ3n) is 2.33. The van der Waals surface area contributed by atoms with Crippen molar-refractivity contribution in [2.45, 2.75) is 35.7 Å². The molecule has 0 aromatic heterocycles. The van der Waals surface area contributed by atoms with Gasteiger partial charge in [-0.15, -0.1) is 0 Å². The van der Waals surface area contributed by atoms with Gasteiger partial charge in [-0.1, -0.05) is 35.4 Å². The summed E-state index contributed by atoms with van der Waals surface area (Å²) in [5.41, 5.74) is 0. The van der Waals surface area contributed by atoms with E-state index in [0.29, 0.717) is 3.92 Å². The molecule has 4 nitrogen and oxygen atoms in total. The lowest BCUT2D eigenvalue weighted by Gasteiger charge is -2.29. The molecule has 0 bridgehead atoms. The highest BCUT2D eigenvalue weighted by Gasteiger charge is 2.33. The van der Waals surface area contributed by atoms with Gasteiger partial charge in [0.2, 0.25) is 0 Å². The van der Waals surface area contributed by atoms with Crippen LogP contribution in [0.3, 0.4) is 0 Å². The average molecular weight is 334 g/mol. The lowest BCUT2D eigenvalue weighted by atomic mass is 9.98. The molecule has 2 atom stereocenters. The molecule has 1 fully saturated rings. The molecule has 84 valence electrons. The maximum Gasteiger partial charge on any atom is 0.474 e. The molecular weight excluding hydrogens is 318 g/mol. The van der Waals surface area contributed by atoms with E-state index in [9.17, 15) is 4.57 Å². The van der Waals surface area contributed by atoms with Crippen molar-refractivity contribution in [3.63, 3.8) is 0 Å². The molecule has 1 rings (SSSR count). The summed E-state index contributed by atoms with van der Waals surface area (Å²) in [4.78, 5) is 0. The van der Waals surface area contributed by atoms with Crippen molar-refractivity contribution in [1.29, 1.82) is 0 Å². The molecule has 0 aromatic carbocycles. The molecule has 2 unspecified atom stereocenters. The van der Waals surface area contributed by atoms with Crippen LogP contribution in [0.4, 0.5) is 0 Å². The van der Waals surface area contributed by atoms with Crippen LogP contribution in [0.15, 0.2) is 0 Å². The van der Waals surface area contributed by atoms with E-state index >= 15 is 0 Å². The predicted molar refractivity (Wildman–Crippen MR) is 62.8 cm³/mol. The van der Waals surface area contributed by atoms with Gasteiger partial charge in [0.25, 0.3) is 0 Å². The van der Waals surface area contributed by atoms with E-state index in [1.54, 1.807) is 0 Å². The second-order valence-corrected chi connectivity index (χ2v) is 6.69. The van der Waals surface area contributed by atoms with Gasteiger partial charge in [-0.2, -0.15) is 0 Å². The Bertz CT molecular complexity index is 215. The number of halogens is 1. The fourth-order valence-corrected chi connectivity index (χ4v) is 3.58. The van der Waals surface area contributed by atoms with E-state index in [1.807, 2.05) is 0 Å². The van der Waals surface area contributed by atoms with E-state index in [4.69, 9.17) is 13.6 Å². The van der Waals surface area contributed by atoms with Crippen LogP contribution in [0.2, 0.25) is 0 Å². The zero-order chi connectivity index (χ0) is 10.6. The van der Waals surface area contributed by atoms with E-state index in [2.05, 4.69) is 22.6 Å². The van der Waals surface area contributed by atoms with Crippen molar-refractivity contribution < 1.29 is 18.1 Å². The fourth-order valence-electron chi connectivity index (χ4n) is 1.50. The molecule has 1 aliphatic rings. The quantitative estimate of drug-likeness (QED) is 0.450. The van der Waals surface area contributed by atoms with Crippen LogP contribution in [0.1, 0.15) is 25.7 Å². The number of alkyl halides is 1. The minimum atomic E-state index is -3.29. The van der Waals surface area contributed by atoms with Gasteiger partial charge < -0.3 is 0 Å². The highest BCUT2D eigenvalue weighted by atomic mass is 127. The Hall–Kier alpha value is 0.840. The Kier molecular flexibility index (Phi) is 5.34. The first kappa shape index (κ1) is 12.9. The number of phosphoric acid groups is 1. The largest absolute Gasteiger partial charge is 0.474 e. The first-order chi connectivity index (χ1) is 6.61. The van der Waals surface area contributed by atoms with Crippen molar-refractivity contribution in [1.82, 2.24) is 0 Å². The number of rotatable bonds is 4. The van der Waals surface area contributed by atoms with Crippen molar-refractivity contribution in [3.05, 3.63) is 0 Å². The topological polar surface area (TPSA) is 44.8 Å². The van der Waals surface area contributed by atoms with E-state index < -0.39 is 7.82 Å². The lowest BCUT2D eigenvalue weighted by molar-refractivity contribution is 0.0894. The molecule has 0 saturated heterocycles. The first-order valence-electron chi connectivity index (χ1n) is 4.65. The van der Waals surface area contributed by atoms with Crippen molar-refractivity contribution >= 4 is 30.4 Å². The molecule has 0 radical (unpaired) electrons. The molecule has 0 spiro atoms. The highest BCUT2D eigenvalue weighted by Crippen LogP contribution is 2.51. The molecule has 1 aliphatic carbocycles. The number of hydrogen-bond donors (Lipinski definition) is 0. The molecular formula is C8H16IO4P. The second-order valence-electron chi connectivity index (χ2n) is 3.26. The van der Waals surface area contributed by atoms with Crippen LogP contribution in [0.25, 0.3) is 0 Å². The Balaban J connectivity index is 2.52. The van der Waals surface area contributed by atoms with Crippen LogP contribution in [-0.4, -0.2) is 24.2 Å². The van der Waals surface area contributed by atoms with Gasteiger partial charge in [0.05, 0.1) is 6.10 Å². The number of phosphoric ester groups is 1. The molecule has 0 N–H and O–H groups in total. The Morgan fingerprint density at radius 3 is 2.29 bits per heavy atom. The summed E-state index contributed by atoms with van der Waals surface area (Å²) in [6.45, 7) is 0. The summed E-state index contributed by atoms with van der Waals surface area (Å²) in [7, 11) is -0.607. The maximum absolute atomic E-state index is 11.7. The van der Waals surface area contributed by atoms with Gasteiger partial charge in [-0.25, -0.2) is 4.57 Å². The van der Waals surface area contributed by atoms with Crippen LogP contribution < -0.4 is 0 Å². The molecule has 14 heavy (non-hydrogen) atoms. The van der Waals surface area contributed by atoms with E-state index in [-0.39, 0.29) is 6.10 Å². The fraction of sp³-hybridized carbons (Fsp3) is 1.00. The minimum Gasteiger partial charge on any atom is -0.290 e. The number of hydrogen-bond acceptors (Lipinski definition) is 4. The van der Waals surface area contributed by atoms with Crippen LogP contribution >= 0.6 is 30.4 Å². The molecule has 0 heterocycles. The summed E-state index contributed by atoms with van der Waals surface area (Å²) in [5, 5.41) is 0. The first-order valence-corrected chi connectivity index (χ1v) is 7.36. The summed E-state index contributed by atoms with van der Waals surface area (Å²) in [6, 6.07) is 0. The van der Waals surface area contributed by atoms with Crippen LogP contribution in [0, 0.1) is 0 Å². The second kappa shape index (κ2) is 5.80. The third-order valence-corrected chi connectivity index (χ3v) is 5.18. The average Bonchev–Trinajstić information content (AvgIpc) is 2.21. The molecule has 1 saturated carbocycles. The highest BCUT2D eigenvalue weighted by molar-refractivity contribution is 14.1. The molecule has 0 amide bonds. The lowest BCUT2D eigenvalue weighted by Crippen LogP contribution is -2.27. The molecule has 0 aliphatic heterocycles. The SMILES string of the molecule is COP(=O)(OC)OC1CCCCC1I. The molecule has 0 aromatic rings. The van der Waals surface area contributed by atoms with Gasteiger partial charge in [0.15, 0.2) is 0 Å². The monoisotopic (exact) mass is 334 g/mol. The van der Waals surface area contributed by atoms with E-state index in [0.717, 1.165) is 19.3 Å². The minimum absolute atomic E-state index is 0.00455. The zero-order valence-corrected chi connectivity index (χ0v) is 11.5. The van der Waals surface area contributed by atoms with Gasteiger partial charge in [0, 0.05) is 18.1 Å². The smallest absolute Gasteiger partial charge is 0.290 e. The van der Waals surface area contributed by atoms with Crippen molar-refractivity contribution in [3.8, 4) is 0 Å². The van der Waals surface area contributed by atoms with Gasteiger partial charge in [-0.3, -0.25) is 13.6 Å². The molecule has 6 heteroatoms. The Labute approximate surface area is 98.4 Å². The van der Waals surface area contributed by atoms with Crippen LogP contribution in [0.5, 0.6) is 0 Å². The van der Waals surface area contributed by atoms with Crippen molar-refractivity contribution in [2.75, 3.05) is 14.2 Å². The summed E-state index contributed by atoms with van der Waals surface area (Å²) < 4.78 is 27.0. The van der Waals surface area contributed by atoms with Crippen molar-refractivity contribution in [2.24, 2.45) is 0 Å². The van der Waals surface area contributed by atoms with Gasteiger partial charge in [-0.05, 0) is 12.8 Å². The third kappa shape index (κ3) is 3.45. The van der Waals surface area contributed by atoms with Gasteiger partial charge >= 0.3 is 7.82 Å². The zero-order valence-electron chi connectivity index (χ0n) is 8.44. The van der Waals surface area contributed by atoms with Gasteiger partial charge in [0.1, 0.15) is 0 Å². The Morgan fingerprint density at radius 1 is 1.21 bits per heavy atom.